The molecule has 1 aromatic carbocycles. The van der Waals surface area contributed by atoms with E-state index in [1.54, 1.807) is 18.4 Å². The van der Waals surface area contributed by atoms with Crippen LogP contribution < -0.4 is 10.6 Å². The predicted octanol–water partition coefficient (Wildman–Crippen LogP) is 1.60. The number of nitrogens with one attached hydrogen (secondary N) is 2. The molecule has 0 aliphatic rings. The molecule has 0 atom stereocenters. The lowest BCUT2D eigenvalue weighted by molar-refractivity contribution is -0.120. The number of nitrogens with zero attached hydrogens (tertiary/aromatic N) is 1. The van der Waals surface area contributed by atoms with Crippen LogP contribution in [-0.2, 0) is 11.2 Å². The average molecular weight is 286 g/mol. The number of rotatable bonds is 5. The lowest BCUT2D eigenvalue weighted by Gasteiger charge is -2.02. The van der Waals surface area contributed by atoms with Gasteiger partial charge in [0, 0.05) is 13.0 Å². The van der Waals surface area contributed by atoms with E-state index < -0.39 is 0 Å². The van der Waals surface area contributed by atoms with Gasteiger partial charge in [-0.2, -0.15) is 0 Å². The van der Waals surface area contributed by atoms with E-state index in [0.717, 1.165) is 16.9 Å². The highest BCUT2D eigenvalue weighted by molar-refractivity contribution is 7.18. The number of hydrogen-bond acceptors (Lipinski definition) is 4. The van der Waals surface area contributed by atoms with Crippen molar-refractivity contribution in [2.75, 3.05) is 20.1 Å². The molecule has 0 aliphatic carbocycles. The fraction of sp³-hybridized carbons (Fsp3) is 0.333. The number of likely N-dealkylation sites (N-methyl/N-ethyl adjacent to an activating group) is 1. The van der Waals surface area contributed by atoms with Crippen LogP contribution >= 0.6 is 23.7 Å². The number of carbonyl (C=O) groups is 1. The second-order valence-corrected chi connectivity index (χ2v) is 4.82. The zero-order valence-electron chi connectivity index (χ0n) is 10.1. The maximum Gasteiger partial charge on any atom is 0.233 e. The van der Waals surface area contributed by atoms with Crippen LogP contribution in [-0.4, -0.2) is 31.0 Å². The number of amides is 1. The van der Waals surface area contributed by atoms with Crippen molar-refractivity contribution < 1.29 is 4.79 Å². The Hall–Kier alpha value is -1.17. The summed E-state index contributed by atoms with van der Waals surface area (Å²) < 4.78 is 1.20. The molecule has 0 radical (unpaired) electrons. The lowest BCUT2D eigenvalue weighted by Crippen LogP contribution is -2.33. The predicted molar refractivity (Wildman–Crippen MR) is 77.5 cm³/mol. The first kappa shape index (κ1) is 14.9. The van der Waals surface area contributed by atoms with E-state index in [4.69, 9.17) is 0 Å². The summed E-state index contributed by atoms with van der Waals surface area (Å²) in [7, 11) is 1.76. The van der Waals surface area contributed by atoms with E-state index in [9.17, 15) is 4.79 Å². The average Bonchev–Trinajstić information content (AvgIpc) is 2.71. The van der Waals surface area contributed by atoms with Gasteiger partial charge in [-0.15, -0.1) is 23.7 Å². The summed E-state index contributed by atoms with van der Waals surface area (Å²) in [6.45, 7) is 1.00. The van der Waals surface area contributed by atoms with Crippen molar-refractivity contribution >= 4 is 39.9 Å². The molecule has 0 aliphatic heterocycles. The molecule has 2 aromatic rings. The summed E-state index contributed by atoms with van der Waals surface area (Å²) in [5, 5.41) is 6.72. The van der Waals surface area contributed by atoms with Crippen LogP contribution in [0, 0.1) is 0 Å². The molecule has 6 heteroatoms. The fourth-order valence-corrected chi connectivity index (χ4v) is 2.53. The summed E-state index contributed by atoms with van der Waals surface area (Å²) in [6, 6.07) is 8.07. The quantitative estimate of drug-likeness (QED) is 0.877. The Morgan fingerprint density at radius 2 is 2.17 bits per heavy atom. The molecule has 0 fully saturated rings. The molecule has 0 spiro atoms. The molecular weight excluding hydrogens is 270 g/mol. The first-order chi connectivity index (χ1) is 8.29. The third-order valence-corrected chi connectivity index (χ3v) is 3.43. The van der Waals surface area contributed by atoms with Gasteiger partial charge in [-0.3, -0.25) is 4.79 Å². The topological polar surface area (TPSA) is 54.0 Å². The maximum absolute atomic E-state index is 11.2. The van der Waals surface area contributed by atoms with Crippen molar-refractivity contribution in [2.45, 2.75) is 6.42 Å². The lowest BCUT2D eigenvalue weighted by atomic mass is 10.3. The summed E-state index contributed by atoms with van der Waals surface area (Å²) in [4.78, 5) is 15.7. The Balaban J connectivity index is 0.00000162. The molecule has 1 amide bonds. The number of carbonyl (C=O) groups excluding carboxylic acids is 1. The molecule has 1 heterocycles. The van der Waals surface area contributed by atoms with Gasteiger partial charge in [0.15, 0.2) is 0 Å². The monoisotopic (exact) mass is 285 g/mol. The summed E-state index contributed by atoms with van der Waals surface area (Å²) >= 11 is 1.68. The molecule has 1 aromatic heterocycles. The second-order valence-electron chi connectivity index (χ2n) is 3.71. The molecule has 0 saturated carbocycles. The Morgan fingerprint density at radius 3 is 2.89 bits per heavy atom. The third-order valence-electron chi connectivity index (χ3n) is 2.34. The number of halogens is 1. The molecule has 98 valence electrons. The molecule has 18 heavy (non-hydrogen) atoms. The van der Waals surface area contributed by atoms with Crippen molar-refractivity contribution in [3.8, 4) is 0 Å². The smallest absolute Gasteiger partial charge is 0.233 e. The Labute approximate surface area is 116 Å². The highest BCUT2D eigenvalue weighted by Crippen LogP contribution is 2.21. The normalized spacial score (nSPS) is 10.1. The van der Waals surface area contributed by atoms with Crippen molar-refractivity contribution in [3.63, 3.8) is 0 Å². The molecule has 2 N–H and O–H groups in total. The summed E-state index contributed by atoms with van der Waals surface area (Å²) in [6.07, 6.45) is 0.787. The SMILES string of the molecule is CNCC(=O)NCCc1nc2ccccc2s1.Cl. The minimum Gasteiger partial charge on any atom is -0.355 e. The van der Waals surface area contributed by atoms with Crippen molar-refractivity contribution in [1.29, 1.82) is 0 Å². The van der Waals surface area contributed by atoms with Gasteiger partial charge in [-0.1, -0.05) is 12.1 Å². The fourth-order valence-electron chi connectivity index (χ4n) is 1.56. The number of fused-ring (bicyclic) bond motifs is 1. The van der Waals surface area contributed by atoms with E-state index in [1.807, 2.05) is 18.2 Å². The minimum absolute atomic E-state index is 0. The maximum atomic E-state index is 11.2. The van der Waals surface area contributed by atoms with Gasteiger partial charge in [0.1, 0.15) is 0 Å². The number of thiazole rings is 1. The molecule has 0 unspecified atom stereocenters. The Bertz CT molecular complexity index is 482. The first-order valence-corrected chi connectivity index (χ1v) is 6.37. The molecular formula is C12H16ClN3OS. The zero-order valence-corrected chi connectivity index (χ0v) is 11.7. The number of benzene rings is 1. The Kier molecular flexibility index (Phi) is 6.04. The van der Waals surface area contributed by atoms with Crippen molar-refractivity contribution in [1.82, 2.24) is 15.6 Å². The highest BCUT2D eigenvalue weighted by Gasteiger charge is 2.03. The molecule has 0 bridgehead atoms. The minimum atomic E-state index is 0. The summed E-state index contributed by atoms with van der Waals surface area (Å²) in [5.41, 5.74) is 1.04. The largest absolute Gasteiger partial charge is 0.355 e. The molecule has 0 saturated heterocycles. The van der Waals surface area contributed by atoms with Crippen LogP contribution in [0.5, 0.6) is 0 Å². The number of hydrogen-bond donors (Lipinski definition) is 2. The van der Waals surface area contributed by atoms with Gasteiger partial charge >= 0.3 is 0 Å². The van der Waals surface area contributed by atoms with Crippen LogP contribution in [0.4, 0.5) is 0 Å². The molecule has 2 rings (SSSR count). The Morgan fingerprint density at radius 1 is 1.39 bits per heavy atom. The number of para-hydroxylation sites is 1. The van der Waals surface area contributed by atoms with Crippen LogP contribution in [0.25, 0.3) is 10.2 Å². The van der Waals surface area contributed by atoms with Gasteiger partial charge < -0.3 is 10.6 Å². The van der Waals surface area contributed by atoms with Gasteiger partial charge in [-0.25, -0.2) is 4.98 Å². The van der Waals surface area contributed by atoms with Gasteiger partial charge in [0.05, 0.1) is 21.8 Å². The van der Waals surface area contributed by atoms with Gasteiger partial charge in [0.2, 0.25) is 5.91 Å². The van der Waals surface area contributed by atoms with Crippen LogP contribution in [0.3, 0.4) is 0 Å². The second kappa shape index (κ2) is 7.31. The van der Waals surface area contributed by atoms with Crippen LogP contribution in [0.1, 0.15) is 5.01 Å². The van der Waals surface area contributed by atoms with Crippen LogP contribution in [0.2, 0.25) is 0 Å². The van der Waals surface area contributed by atoms with Crippen molar-refractivity contribution in [2.24, 2.45) is 0 Å². The molecule has 4 nitrogen and oxygen atoms in total. The van der Waals surface area contributed by atoms with E-state index in [1.165, 1.54) is 4.70 Å². The highest BCUT2D eigenvalue weighted by atomic mass is 35.5. The van der Waals surface area contributed by atoms with Crippen LogP contribution in [0.15, 0.2) is 24.3 Å². The number of aromatic nitrogens is 1. The van der Waals surface area contributed by atoms with E-state index >= 15 is 0 Å². The van der Waals surface area contributed by atoms with E-state index in [-0.39, 0.29) is 18.3 Å². The van der Waals surface area contributed by atoms with E-state index in [0.29, 0.717) is 13.1 Å². The van der Waals surface area contributed by atoms with Crippen molar-refractivity contribution in [3.05, 3.63) is 29.3 Å². The van der Waals surface area contributed by atoms with Gasteiger partial charge in [0.25, 0.3) is 0 Å². The standard InChI is InChI=1S/C12H15N3OS.ClH/c1-13-8-11(16)14-7-6-12-15-9-4-2-3-5-10(9)17-12;/h2-5,13H,6-8H2,1H3,(H,14,16);1H. The third kappa shape index (κ3) is 3.94. The zero-order chi connectivity index (χ0) is 12.1. The van der Waals surface area contributed by atoms with E-state index in [2.05, 4.69) is 21.7 Å². The first-order valence-electron chi connectivity index (χ1n) is 5.55. The summed E-state index contributed by atoms with van der Waals surface area (Å²) in [5.74, 6) is 0.0219. The van der Waals surface area contributed by atoms with Gasteiger partial charge in [-0.05, 0) is 19.2 Å².